The minimum Gasteiger partial charge on any atom is -0.504 e. The van der Waals surface area contributed by atoms with Crippen molar-refractivity contribution in [3.8, 4) is 11.5 Å². The van der Waals surface area contributed by atoms with Gasteiger partial charge in [0.25, 0.3) is 11.8 Å². The smallest absolute Gasteiger partial charge is 0.253 e. The van der Waals surface area contributed by atoms with Gasteiger partial charge in [-0.15, -0.1) is 23.2 Å². The zero-order valence-electron chi connectivity index (χ0n) is 22.1. The molecule has 0 radical (unpaired) electrons. The van der Waals surface area contributed by atoms with Gasteiger partial charge in [-0.1, -0.05) is 29.3 Å². The van der Waals surface area contributed by atoms with E-state index in [0.29, 0.717) is 25.4 Å². The molecular weight excluding hydrogens is 706 g/mol. The normalized spacial score (nSPS) is 32.6. The van der Waals surface area contributed by atoms with Crippen LogP contribution in [0.2, 0.25) is 5.02 Å². The number of hydrogen-bond acceptors (Lipinski definition) is 6. The van der Waals surface area contributed by atoms with Gasteiger partial charge in [0.15, 0.2) is 21.2 Å². The standard InChI is InChI=1S/C29H24Cl3IN2O6/c1-12-4-5-14(10-18(12)30)35-24(37)16-7-6-15-17(21(16)25(35)38)11-28(31)26(39)34(2)27(40)29(28,32)22(15)13-8-19(33)23(36)20(9-13)41-3/h4-6,8-10,16-17,21-22,36H,7,11H2,1-3H3/t16-,17+,21-,22-,28+,29-/m0/s1. The average molecular weight is 730 g/mol. The number of aryl methyl sites for hydroxylation is 1. The number of allylic oxidation sites excluding steroid dienone is 2. The number of aromatic hydroxyl groups is 1. The van der Waals surface area contributed by atoms with Crippen molar-refractivity contribution in [3.63, 3.8) is 0 Å². The lowest BCUT2D eigenvalue weighted by Gasteiger charge is -2.50. The van der Waals surface area contributed by atoms with Gasteiger partial charge in [-0.2, -0.15) is 0 Å². The van der Waals surface area contributed by atoms with Crippen LogP contribution in [0.4, 0.5) is 5.69 Å². The van der Waals surface area contributed by atoms with Gasteiger partial charge in [0.1, 0.15) is 0 Å². The number of methoxy groups -OCH3 is 1. The van der Waals surface area contributed by atoms with Crippen LogP contribution in [0.15, 0.2) is 42.0 Å². The highest BCUT2D eigenvalue weighted by molar-refractivity contribution is 14.1. The fraction of sp³-hybridized carbons (Fsp3) is 0.379. The van der Waals surface area contributed by atoms with Crippen molar-refractivity contribution < 1.29 is 29.0 Å². The van der Waals surface area contributed by atoms with Gasteiger partial charge >= 0.3 is 0 Å². The summed E-state index contributed by atoms with van der Waals surface area (Å²) in [6.45, 7) is 1.83. The number of carbonyl (C=O) groups excluding carboxylic acids is 4. The van der Waals surface area contributed by atoms with Gasteiger partial charge < -0.3 is 9.84 Å². The summed E-state index contributed by atoms with van der Waals surface area (Å²) in [5.41, 5.74) is 2.33. The quantitative estimate of drug-likeness (QED) is 0.203. The molecule has 0 aromatic heterocycles. The molecule has 2 aliphatic heterocycles. The van der Waals surface area contributed by atoms with Crippen LogP contribution in [0.3, 0.4) is 0 Å². The Morgan fingerprint density at radius 2 is 1.76 bits per heavy atom. The van der Waals surface area contributed by atoms with Gasteiger partial charge in [-0.05, 0) is 83.7 Å². The SMILES string of the molecule is COc1cc([C@H]2C3=CC[C@@H]4C(=O)N(c5ccc(C)c(Cl)c5)C(=O)[C@@H]4[C@@H]3C[C@@]3(Cl)C(=O)N(C)C(=O)[C@@]23Cl)cc(I)c1O. The van der Waals surface area contributed by atoms with Crippen molar-refractivity contribution >= 4 is 86.7 Å². The maximum absolute atomic E-state index is 14.1. The van der Waals surface area contributed by atoms with Crippen LogP contribution in [-0.2, 0) is 19.2 Å². The summed E-state index contributed by atoms with van der Waals surface area (Å²) in [5.74, 6) is -5.14. The highest BCUT2D eigenvalue weighted by atomic mass is 127. The second kappa shape index (κ2) is 9.59. The van der Waals surface area contributed by atoms with Crippen LogP contribution < -0.4 is 9.64 Å². The van der Waals surface area contributed by atoms with Crippen molar-refractivity contribution in [1.82, 2.24) is 4.90 Å². The molecule has 6 atom stereocenters. The Bertz CT molecular complexity index is 1610. The number of ether oxygens (including phenoxy) is 1. The molecule has 1 saturated carbocycles. The molecule has 2 aromatic rings. The van der Waals surface area contributed by atoms with Crippen molar-refractivity contribution in [1.29, 1.82) is 0 Å². The molecule has 12 heteroatoms. The number of rotatable bonds is 3. The van der Waals surface area contributed by atoms with E-state index in [1.165, 1.54) is 14.2 Å². The minimum absolute atomic E-state index is 0.0856. The van der Waals surface area contributed by atoms with Gasteiger partial charge in [-0.25, -0.2) is 4.90 Å². The Balaban J connectivity index is 1.53. The largest absolute Gasteiger partial charge is 0.504 e. The maximum Gasteiger partial charge on any atom is 0.253 e. The monoisotopic (exact) mass is 728 g/mol. The van der Waals surface area contributed by atoms with E-state index >= 15 is 0 Å². The molecule has 8 nitrogen and oxygen atoms in total. The third-order valence-electron chi connectivity index (χ3n) is 9.03. The number of nitrogens with zero attached hydrogens (tertiary/aromatic N) is 2. The Labute approximate surface area is 264 Å². The Morgan fingerprint density at radius 3 is 2.41 bits per heavy atom. The average Bonchev–Trinajstić information content (AvgIpc) is 3.26. The highest BCUT2D eigenvalue weighted by Gasteiger charge is 2.76. The molecule has 2 saturated heterocycles. The van der Waals surface area contributed by atoms with Gasteiger partial charge in [0.2, 0.25) is 11.8 Å². The molecule has 0 unspecified atom stereocenters. The first-order valence-corrected chi connectivity index (χ1v) is 15.1. The molecule has 3 fully saturated rings. The zero-order valence-corrected chi connectivity index (χ0v) is 26.5. The Hall–Kier alpha value is -2.34. The molecule has 4 amide bonds. The predicted molar refractivity (Wildman–Crippen MR) is 162 cm³/mol. The van der Waals surface area contributed by atoms with Crippen LogP contribution in [0.1, 0.15) is 29.9 Å². The summed E-state index contributed by atoms with van der Waals surface area (Å²) in [4.78, 5) is 53.3. The summed E-state index contributed by atoms with van der Waals surface area (Å²) >= 11 is 22.7. The second-order valence-corrected chi connectivity index (χ2v) is 13.8. The fourth-order valence-electron chi connectivity index (χ4n) is 7.01. The lowest BCUT2D eigenvalue weighted by molar-refractivity contribution is -0.138. The number of imide groups is 2. The summed E-state index contributed by atoms with van der Waals surface area (Å²) < 4.78 is 5.82. The molecule has 4 aliphatic rings. The number of halogens is 4. The van der Waals surface area contributed by atoms with E-state index in [-0.39, 0.29) is 30.2 Å². The third-order valence-corrected chi connectivity index (χ3v) is 11.7. The van der Waals surface area contributed by atoms with E-state index < -0.39 is 51.1 Å². The summed E-state index contributed by atoms with van der Waals surface area (Å²) in [6.07, 6.45) is 1.99. The molecule has 0 bridgehead atoms. The molecule has 6 rings (SSSR count). The van der Waals surface area contributed by atoms with Crippen LogP contribution in [-0.4, -0.2) is 57.5 Å². The third kappa shape index (κ3) is 3.71. The summed E-state index contributed by atoms with van der Waals surface area (Å²) in [5, 5.41) is 10.9. The Morgan fingerprint density at radius 1 is 1.05 bits per heavy atom. The summed E-state index contributed by atoms with van der Waals surface area (Å²) in [6, 6.07) is 8.25. The van der Waals surface area contributed by atoms with E-state index in [2.05, 4.69) is 0 Å². The number of alkyl halides is 2. The number of anilines is 1. The summed E-state index contributed by atoms with van der Waals surface area (Å²) in [7, 11) is 2.74. The Kier molecular flexibility index (Phi) is 6.73. The molecule has 2 heterocycles. The van der Waals surface area contributed by atoms with Crippen LogP contribution in [0, 0.1) is 28.2 Å². The number of hydrogen-bond donors (Lipinski definition) is 1. The fourth-order valence-corrected chi connectivity index (χ4v) is 8.83. The first-order valence-electron chi connectivity index (χ1n) is 12.9. The van der Waals surface area contributed by atoms with Gasteiger partial charge in [0, 0.05) is 18.0 Å². The molecular formula is C29H24Cl3IN2O6. The van der Waals surface area contributed by atoms with E-state index in [1.54, 1.807) is 30.3 Å². The van der Waals surface area contributed by atoms with Gasteiger partial charge in [-0.3, -0.25) is 24.1 Å². The van der Waals surface area contributed by atoms with Crippen LogP contribution in [0.25, 0.3) is 0 Å². The second-order valence-electron chi connectivity index (χ2n) is 11.0. The lowest BCUT2D eigenvalue weighted by atomic mass is 9.56. The maximum atomic E-state index is 14.1. The topological polar surface area (TPSA) is 104 Å². The van der Waals surface area contributed by atoms with Crippen molar-refractivity contribution in [2.24, 2.45) is 17.8 Å². The lowest BCUT2D eigenvalue weighted by Crippen LogP contribution is -2.60. The van der Waals surface area contributed by atoms with Crippen LogP contribution in [0.5, 0.6) is 11.5 Å². The molecule has 214 valence electrons. The van der Waals surface area contributed by atoms with Crippen molar-refractivity contribution in [2.75, 3.05) is 19.1 Å². The predicted octanol–water partition coefficient (Wildman–Crippen LogP) is 5.16. The number of carbonyl (C=O) groups is 4. The first-order chi connectivity index (χ1) is 19.3. The van der Waals surface area contributed by atoms with E-state index in [1.807, 2.05) is 35.6 Å². The van der Waals surface area contributed by atoms with Crippen LogP contribution >= 0.6 is 57.4 Å². The highest BCUT2D eigenvalue weighted by Crippen LogP contribution is 2.65. The van der Waals surface area contributed by atoms with Crippen molar-refractivity contribution in [3.05, 3.63) is 61.7 Å². The van der Waals surface area contributed by atoms with E-state index in [0.717, 1.165) is 15.4 Å². The minimum atomic E-state index is -1.92. The number of phenols is 1. The zero-order chi connectivity index (χ0) is 29.8. The van der Waals surface area contributed by atoms with E-state index in [4.69, 9.17) is 39.5 Å². The van der Waals surface area contributed by atoms with E-state index in [9.17, 15) is 24.3 Å². The number of amides is 4. The molecule has 2 aromatic carbocycles. The molecule has 2 aliphatic carbocycles. The molecule has 41 heavy (non-hydrogen) atoms. The number of benzene rings is 2. The molecule has 0 spiro atoms. The first kappa shape index (κ1) is 28.8. The number of phenolic OH excluding ortho intramolecular Hbond substituents is 1. The van der Waals surface area contributed by atoms with Gasteiger partial charge in [0.05, 0.1) is 28.2 Å². The number of fused-ring (bicyclic) bond motifs is 4. The molecule has 1 N–H and O–H groups in total. The number of likely N-dealkylation sites (tertiary alicyclic amines) is 1. The van der Waals surface area contributed by atoms with Crippen molar-refractivity contribution in [2.45, 2.75) is 35.4 Å².